The van der Waals surface area contributed by atoms with Crippen molar-refractivity contribution in [2.24, 2.45) is 5.16 Å². The maximum atomic E-state index is 13.7. The van der Waals surface area contributed by atoms with Crippen LogP contribution in [0.3, 0.4) is 0 Å². The first kappa shape index (κ1) is 26.8. The third-order valence-electron chi connectivity index (χ3n) is 4.89. The van der Waals surface area contributed by atoms with Crippen molar-refractivity contribution >= 4 is 67.4 Å². The number of oxime groups is 1. The van der Waals surface area contributed by atoms with E-state index < -0.39 is 51.1 Å². The van der Waals surface area contributed by atoms with Gasteiger partial charge in [-0.25, -0.2) is 9.29 Å². The molecule has 3 rings (SSSR count). The number of rotatable bonds is 6. The highest BCUT2D eigenvalue weighted by molar-refractivity contribution is 9.18. The van der Waals surface area contributed by atoms with Crippen LogP contribution in [-0.2, 0) is 9.63 Å². The molecular formula is C22H13BrCl2F4N2O4. The lowest BCUT2D eigenvalue weighted by atomic mass is 9.98. The van der Waals surface area contributed by atoms with Crippen LogP contribution in [-0.4, -0.2) is 40.0 Å². The third kappa shape index (κ3) is 5.91. The summed E-state index contributed by atoms with van der Waals surface area (Å²) in [5.41, 5.74) is -1.91. The van der Waals surface area contributed by atoms with Gasteiger partial charge in [-0.05, 0) is 64.3 Å². The second-order valence-corrected chi connectivity index (χ2v) is 8.98. The molecular weight excluding hydrogens is 583 g/mol. The van der Waals surface area contributed by atoms with Gasteiger partial charge in [-0.1, -0.05) is 34.4 Å². The van der Waals surface area contributed by atoms with Gasteiger partial charge in [0, 0.05) is 11.1 Å². The van der Waals surface area contributed by atoms with Crippen LogP contribution in [0.5, 0.6) is 0 Å². The number of halogens is 7. The largest absolute Gasteiger partial charge is 0.417 e. The van der Waals surface area contributed by atoms with Crippen molar-refractivity contribution in [3.8, 4) is 0 Å². The molecule has 0 radical (unpaired) electrons. The van der Waals surface area contributed by atoms with E-state index in [0.29, 0.717) is 22.8 Å². The molecule has 184 valence electrons. The lowest BCUT2D eigenvalue weighted by molar-refractivity contribution is -0.125. The standard InChI is InChI=1S/C22H13BrCl2F4N2O4/c1-10-4-11(2-3-13(10)21(34)31(9-32)19-8-18(23)30-35-19)17(33)7-14(22(27,28)29)12-5-15(24)20(26)16(25)6-12/h2-7,9,19H,8H2,1H3. The number of ketones is 1. The molecule has 13 heteroatoms. The predicted molar refractivity (Wildman–Crippen MR) is 124 cm³/mol. The highest BCUT2D eigenvalue weighted by Gasteiger charge is 2.36. The molecule has 0 N–H and O–H groups in total. The van der Waals surface area contributed by atoms with Gasteiger partial charge in [-0.15, -0.1) is 0 Å². The van der Waals surface area contributed by atoms with Crippen molar-refractivity contribution in [2.75, 3.05) is 0 Å². The molecule has 0 aliphatic carbocycles. The molecule has 0 bridgehead atoms. The normalized spacial score (nSPS) is 15.9. The van der Waals surface area contributed by atoms with Crippen LogP contribution < -0.4 is 0 Å². The molecule has 1 heterocycles. The van der Waals surface area contributed by atoms with Crippen LogP contribution in [0.25, 0.3) is 5.57 Å². The zero-order chi connectivity index (χ0) is 26.1. The van der Waals surface area contributed by atoms with E-state index in [4.69, 9.17) is 28.0 Å². The summed E-state index contributed by atoms with van der Waals surface area (Å²) in [5.74, 6) is -2.88. The number of hydrogen-bond acceptors (Lipinski definition) is 5. The zero-order valence-electron chi connectivity index (χ0n) is 17.5. The molecule has 0 saturated heterocycles. The second kappa shape index (κ2) is 10.5. The number of nitrogens with zero attached hydrogens (tertiary/aromatic N) is 2. The van der Waals surface area contributed by atoms with E-state index in [-0.39, 0.29) is 29.5 Å². The minimum absolute atomic E-state index is 0.0254. The summed E-state index contributed by atoms with van der Waals surface area (Å²) in [4.78, 5) is 42.7. The van der Waals surface area contributed by atoms with Crippen molar-refractivity contribution in [1.82, 2.24) is 4.90 Å². The summed E-state index contributed by atoms with van der Waals surface area (Å²) in [6.45, 7) is 1.45. The summed E-state index contributed by atoms with van der Waals surface area (Å²) in [6, 6.07) is 4.98. The van der Waals surface area contributed by atoms with Gasteiger partial charge in [0.25, 0.3) is 5.91 Å². The number of carbonyl (C=O) groups excluding carboxylic acids is 3. The third-order valence-corrected chi connectivity index (χ3v) is 5.91. The molecule has 2 aromatic rings. The van der Waals surface area contributed by atoms with Gasteiger partial charge in [-0.2, -0.15) is 13.2 Å². The Bertz CT molecular complexity index is 1260. The SMILES string of the molecule is Cc1cc(C(=O)C=C(c2cc(Cl)c(F)c(Cl)c2)C(F)(F)F)ccc1C(=O)N(C=O)C1CC(Br)=NO1. The van der Waals surface area contributed by atoms with E-state index in [9.17, 15) is 31.9 Å². The molecule has 1 aliphatic heterocycles. The Morgan fingerprint density at radius 1 is 1.17 bits per heavy atom. The van der Waals surface area contributed by atoms with Gasteiger partial charge in [0.1, 0.15) is 4.62 Å². The lowest BCUT2D eigenvalue weighted by Crippen LogP contribution is -2.39. The fraction of sp³-hybridized carbons (Fsp3) is 0.182. The van der Waals surface area contributed by atoms with Gasteiger partial charge in [0.15, 0.2) is 11.6 Å². The smallest absolute Gasteiger partial charge is 0.369 e. The fourth-order valence-electron chi connectivity index (χ4n) is 3.18. The number of allylic oxidation sites excluding steroid dienone is 2. The minimum atomic E-state index is -4.99. The van der Waals surface area contributed by atoms with Gasteiger partial charge in [0.05, 0.1) is 22.0 Å². The number of carbonyl (C=O) groups is 3. The molecule has 1 unspecified atom stereocenters. The number of imide groups is 1. The minimum Gasteiger partial charge on any atom is -0.369 e. The Balaban J connectivity index is 1.93. The van der Waals surface area contributed by atoms with Crippen LogP contribution in [0.2, 0.25) is 10.0 Å². The lowest BCUT2D eigenvalue weighted by Gasteiger charge is -2.21. The number of amides is 2. The second-order valence-electron chi connectivity index (χ2n) is 7.25. The van der Waals surface area contributed by atoms with Crippen LogP contribution in [0.4, 0.5) is 17.6 Å². The summed E-state index contributed by atoms with van der Waals surface area (Å²) in [6.07, 6.45) is -5.23. The van der Waals surface area contributed by atoms with E-state index in [2.05, 4.69) is 21.1 Å². The van der Waals surface area contributed by atoms with E-state index in [0.717, 1.165) is 11.0 Å². The molecule has 2 aromatic carbocycles. The van der Waals surface area contributed by atoms with Crippen molar-refractivity contribution in [1.29, 1.82) is 0 Å². The van der Waals surface area contributed by atoms with Gasteiger partial charge < -0.3 is 4.84 Å². The van der Waals surface area contributed by atoms with Crippen molar-refractivity contribution in [3.05, 3.63) is 74.5 Å². The average Bonchev–Trinajstić information content (AvgIpc) is 3.20. The molecule has 2 amide bonds. The monoisotopic (exact) mass is 594 g/mol. The Morgan fingerprint density at radius 2 is 1.80 bits per heavy atom. The number of hydrogen-bond donors (Lipinski definition) is 0. The van der Waals surface area contributed by atoms with Crippen molar-refractivity contribution < 1.29 is 36.8 Å². The molecule has 35 heavy (non-hydrogen) atoms. The summed E-state index contributed by atoms with van der Waals surface area (Å²) < 4.78 is 55.1. The molecule has 0 spiro atoms. The predicted octanol–water partition coefficient (Wildman–Crippen LogP) is 6.32. The maximum Gasteiger partial charge on any atom is 0.417 e. The van der Waals surface area contributed by atoms with Gasteiger partial charge in [-0.3, -0.25) is 14.4 Å². The molecule has 6 nitrogen and oxygen atoms in total. The first-order valence-corrected chi connectivity index (χ1v) is 11.1. The topological polar surface area (TPSA) is 76.0 Å². The number of alkyl halides is 3. The molecule has 1 atom stereocenters. The van der Waals surface area contributed by atoms with Crippen LogP contribution in [0.1, 0.15) is 38.3 Å². The summed E-state index contributed by atoms with van der Waals surface area (Å²) in [5, 5.41) is 2.33. The highest BCUT2D eigenvalue weighted by Crippen LogP contribution is 2.37. The van der Waals surface area contributed by atoms with Crippen LogP contribution in [0, 0.1) is 12.7 Å². The molecule has 0 aromatic heterocycles. The van der Waals surface area contributed by atoms with Gasteiger partial charge in [0.2, 0.25) is 12.6 Å². The molecule has 0 saturated carbocycles. The quantitative estimate of drug-likeness (QED) is 0.129. The maximum absolute atomic E-state index is 13.7. The Labute approximate surface area is 214 Å². The fourth-order valence-corrected chi connectivity index (χ4v) is 4.03. The van der Waals surface area contributed by atoms with Crippen LogP contribution >= 0.6 is 39.1 Å². The Hall–Kier alpha value is -2.76. The Kier molecular flexibility index (Phi) is 8.03. The first-order valence-electron chi connectivity index (χ1n) is 9.58. The number of benzene rings is 2. The van der Waals surface area contributed by atoms with Crippen molar-refractivity contribution in [2.45, 2.75) is 25.7 Å². The highest BCUT2D eigenvalue weighted by atomic mass is 79.9. The van der Waals surface area contributed by atoms with E-state index in [1.54, 1.807) is 0 Å². The van der Waals surface area contributed by atoms with Gasteiger partial charge >= 0.3 is 6.18 Å². The Morgan fingerprint density at radius 3 is 2.29 bits per heavy atom. The zero-order valence-corrected chi connectivity index (χ0v) is 20.6. The first-order chi connectivity index (χ1) is 16.3. The average molecular weight is 596 g/mol. The molecule has 0 fully saturated rings. The van der Waals surface area contributed by atoms with Crippen LogP contribution in [0.15, 0.2) is 41.6 Å². The number of aryl methyl sites for hydroxylation is 1. The van der Waals surface area contributed by atoms with E-state index >= 15 is 0 Å². The molecule has 1 aliphatic rings. The van der Waals surface area contributed by atoms with E-state index in [1.807, 2.05) is 0 Å². The summed E-state index contributed by atoms with van der Waals surface area (Å²) >= 11 is 14.3. The van der Waals surface area contributed by atoms with E-state index in [1.165, 1.54) is 19.1 Å². The summed E-state index contributed by atoms with van der Waals surface area (Å²) in [7, 11) is 0. The van der Waals surface area contributed by atoms with Crippen molar-refractivity contribution in [3.63, 3.8) is 0 Å².